The van der Waals surface area contributed by atoms with E-state index < -0.39 is 29.9 Å². The average molecular weight is 529 g/mol. The Morgan fingerprint density at radius 3 is 2.22 bits per heavy atom. The molecule has 11 nitrogen and oxygen atoms in total. The van der Waals surface area contributed by atoms with Crippen LogP contribution in [-0.4, -0.2) is 48.3 Å². The van der Waals surface area contributed by atoms with Crippen LogP contribution in [0, 0.1) is 10.1 Å². The van der Waals surface area contributed by atoms with Crippen molar-refractivity contribution in [2.45, 2.75) is 84.8 Å². The number of esters is 1. The number of amides is 1. The monoisotopic (exact) mass is 528 g/mol. The van der Waals surface area contributed by atoms with E-state index in [0.29, 0.717) is 36.9 Å². The zero-order valence-corrected chi connectivity index (χ0v) is 23.0. The van der Waals surface area contributed by atoms with Crippen LogP contribution in [0.25, 0.3) is 0 Å². The molecule has 2 rings (SSSR count). The Morgan fingerprint density at radius 2 is 1.69 bits per heavy atom. The molecule has 1 aliphatic rings. The largest absolute Gasteiger partial charge is 0.475 e. The minimum absolute atomic E-state index is 0.0599. The van der Waals surface area contributed by atoms with Gasteiger partial charge in [0, 0.05) is 19.0 Å². The molecule has 0 N–H and O–H groups in total. The molecule has 1 heterocycles. The third kappa shape index (κ3) is 8.96. The molecule has 0 aliphatic carbocycles. The zero-order chi connectivity index (χ0) is 27.3. The number of ether oxygens (including phenoxy) is 1. The van der Waals surface area contributed by atoms with Crippen LogP contribution >= 0.6 is 7.82 Å². The van der Waals surface area contributed by atoms with Crippen LogP contribution in [0.4, 0.5) is 11.4 Å². The van der Waals surface area contributed by atoms with Gasteiger partial charge in [-0.2, -0.15) is 0 Å². The summed E-state index contributed by atoms with van der Waals surface area (Å²) in [5.74, 6) is -0.750. The van der Waals surface area contributed by atoms with Gasteiger partial charge in [0.15, 0.2) is 0 Å². The van der Waals surface area contributed by atoms with Gasteiger partial charge in [-0.3, -0.25) is 33.3 Å². The van der Waals surface area contributed by atoms with Crippen LogP contribution in [-0.2, 0) is 45.3 Å². The first kappa shape index (κ1) is 29.9. The van der Waals surface area contributed by atoms with Gasteiger partial charge >= 0.3 is 13.8 Å². The lowest BCUT2D eigenvalue weighted by Crippen LogP contribution is -2.29. The Labute approximate surface area is 212 Å². The molecule has 0 fully saturated rings. The molecule has 0 unspecified atom stereocenters. The van der Waals surface area contributed by atoms with Gasteiger partial charge in [0.05, 0.1) is 36.3 Å². The Kier molecular flexibility index (Phi) is 9.81. The zero-order valence-electron chi connectivity index (χ0n) is 22.1. The summed E-state index contributed by atoms with van der Waals surface area (Å²) in [5.41, 5.74) is -0.300. The highest BCUT2D eigenvalue weighted by atomic mass is 31.2. The quantitative estimate of drug-likeness (QED) is 0.126. The second-order valence-corrected chi connectivity index (χ2v) is 12.1. The highest BCUT2D eigenvalue weighted by molar-refractivity contribution is 7.48. The van der Waals surface area contributed by atoms with Crippen LogP contribution in [0.2, 0.25) is 0 Å². The third-order valence-electron chi connectivity index (χ3n) is 4.98. The normalized spacial score (nSPS) is 14.0. The summed E-state index contributed by atoms with van der Waals surface area (Å²) in [6.07, 6.45) is 1.34. The fourth-order valence-corrected chi connectivity index (χ4v) is 5.59. The average Bonchev–Trinajstić information content (AvgIpc) is 3.13. The molecule has 0 bridgehead atoms. The number of methoxy groups -OCH3 is 1. The van der Waals surface area contributed by atoms with Crippen molar-refractivity contribution >= 4 is 31.1 Å². The van der Waals surface area contributed by atoms with Gasteiger partial charge < -0.3 is 9.64 Å². The Hall–Kier alpha value is -2.33. The highest BCUT2D eigenvalue weighted by Crippen LogP contribution is 2.55. The Balaban J connectivity index is 2.00. The number of hydrogen-bond donors (Lipinski definition) is 0. The summed E-state index contributed by atoms with van der Waals surface area (Å²) in [7, 11) is -2.58. The number of carbonyl (C=O) groups is 2. The topological polar surface area (TPSA) is 135 Å². The second kappa shape index (κ2) is 11.8. The van der Waals surface area contributed by atoms with Crippen LogP contribution in [0.5, 0.6) is 0 Å². The SMILES string of the molecule is COC(=O)Cc1cc2c(c([N+](=O)[O-])c1)N(C(=O)CCCCOP(=O)(OC(C)(C)C)OC(C)(C)C)CC2. The lowest BCUT2D eigenvalue weighted by molar-refractivity contribution is -0.384. The summed E-state index contributed by atoms with van der Waals surface area (Å²) in [6, 6.07) is 3.03. The van der Waals surface area contributed by atoms with Crippen molar-refractivity contribution < 1.29 is 37.4 Å². The molecular formula is C24H37N2O9P. The van der Waals surface area contributed by atoms with Gasteiger partial charge in [0.1, 0.15) is 5.69 Å². The van der Waals surface area contributed by atoms with Gasteiger partial charge in [0.2, 0.25) is 5.91 Å². The van der Waals surface area contributed by atoms with E-state index in [0.717, 1.165) is 0 Å². The molecule has 1 aromatic carbocycles. The van der Waals surface area contributed by atoms with Crippen LogP contribution in [0.15, 0.2) is 12.1 Å². The molecule has 0 atom stereocenters. The number of phosphoric ester groups is 1. The Bertz CT molecular complexity index is 1010. The first-order valence-corrected chi connectivity index (χ1v) is 13.3. The van der Waals surface area contributed by atoms with Crippen molar-refractivity contribution in [2.75, 3.05) is 25.2 Å². The fraction of sp³-hybridized carbons (Fsp3) is 0.667. The van der Waals surface area contributed by atoms with E-state index >= 15 is 0 Å². The maximum atomic E-state index is 13.1. The number of fused-ring (bicyclic) bond motifs is 1. The van der Waals surface area contributed by atoms with E-state index in [1.54, 1.807) is 47.6 Å². The summed E-state index contributed by atoms with van der Waals surface area (Å²) in [4.78, 5) is 37.1. The molecule has 1 aliphatic heterocycles. The molecule has 36 heavy (non-hydrogen) atoms. The number of unbranched alkanes of at least 4 members (excludes halogenated alkanes) is 1. The number of benzene rings is 1. The van der Waals surface area contributed by atoms with Crippen molar-refractivity contribution in [3.8, 4) is 0 Å². The number of hydrogen-bond acceptors (Lipinski definition) is 9. The van der Waals surface area contributed by atoms with E-state index in [-0.39, 0.29) is 36.7 Å². The van der Waals surface area contributed by atoms with Gasteiger partial charge in [0.25, 0.3) is 5.69 Å². The highest BCUT2D eigenvalue weighted by Gasteiger charge is 2.37. The predicted octanol–water partition coefficient (Wildman–Crippen LogP) is 5.12. The molecule has 0 radical (unpaired) electrons. The summed E-state index contributed by atoms with van der Waals surface area (Å²) >= 11 is 0. The molecule has 202 valence electrons. The minimum atomic E-state index is -3.83. The van der Waals surface area contributed by atoms with Crippen LogP contribution in [0.3, 0.4) is 0 Å². The van der Waals surface area contributed by atoms with E-state index in [9.17, 15) is 24.3 Å². The van der Waals surface area contributed by atoms with Crippen molar-refractivity contribution in [1.29, 1.82) is 0 Å². The number of nitro groups is 1. The standard InChI is InChI=1S/C24H37N2O9P/c1-23(2,3)34-36(31,35-24(4,5)6)33-13-9-8-10-20(27)25-12-11-18-14-17(16-21(28)32-7)15-19(22(18)25)26(29)30/h14-15H,8-13,16H2,1-7H3. The molecule has 1 aromatic rings. The summed E-state index contributed by atoms with van der Waals surface area (Å²) in [6.45, 7) is 10.9. The van der Waals surface area contributed by atoms with Crippen molar-refractivity contribution in [1.82, 2.24) is 0 Å². The molecule has 0 saturated carbocycles. The maximum absolute atomic E-state index is 13.1. The van der Waals surface area contributed by atoms with E-state index in [4.69, 9.17) is 13.6 Å². The summed E-state index contributed by atoms with van der Waals surface area (Å²) < 4.78 is 34.4. The van der Waals surface area contributed by atoms with Gasteiger partial charge in [-0.15, -0.1) is 0 Å². The van der Waals surface area contributed by atoms with Crippen molar-refractivity contribution in [3.63, 3.8) is 0 Å². The Morgan fingerprint density at radius 1 is 1.08 bits per heavy atom. The molecule has 0 saturated heterocycles. The maximum Gasteiger partial charge on any atom is 0.475 e. The lowest BCUT2D eigenvalue weighted by Gasteiger charge is -2.30. The lowest BCUT2D eigenvalue weighted by atomic mass is 10.0. The number of phosphoric acid groups is 1. The fourth-order valence-electron chi connectivity index (χ4n) is 3.75. The van der Waals surface area contributed by atoms with Crippen molar-refractivity contribution in [3.05, 3.63) is 33.4 Å². The molecule has 0 spiro atoms. The smallest absolute Gasteiger partial charge is 0.469 e. The van der Waals surface area contributed by atoms with Gasteiger partial charge in [-0.25, -0.2) is 4.57 Å². The van der Waals surface area contributed by atoms with Gasteiger partial charge in [-0.05, 0) is 71.9 Å². The molecule has 1 amide bonds. The van der Waals surface area contributed by atoms with Crippen LogP contribution in [0.1, 0.15) is 71.9 Å². The first-order valence-electron chi connectivity index (χ1n) is 11.9. The van der Waals surface area contributed by atoms with E-state index in [2.05, 4.69) is 4.74 Å². The van der Waals surface area contributed by atoms with Crippen LogP contribution < -0.4 is 4.90 Å². The third-order valence-corrected chi connectivity index (χ3v) is 7.02. The van der Waals surface area contributed by atoms with Gasteiger partial charge in [-0.1, -0.05) is 6.07 Å². The molecular weight excluding hydrogens is 491 g/mol. The number of nitro benzene ring substituents is 1. The number of anilines is 1. The predicted molar refractivity (Wildman–Crippen MR) is 134 cm³/mol. The van der Waals surface area contributed by atoms with E-state index in [1.807, 2.05) is 0 Å². The first-order chi connectivity index (χ1) is 16.5. The minimum Gasteiger partial charge on any atom is -0.469 e. The van der Waals surface area contributed by atoms with Crippen molar-refractivity contribution in [2.24, 2.45) is 0 Å². The number of rotatable bonds is 11. The van der Waals surface area contributed by atoms with E-state index in [1.165, 1.54) is 18.1 Å². The second-order valence-electron chi connectivity index (χ2n) is 10.6. The molecule has 0 aromatic heterocycles. The number of carbonyl (C=O) groups excluding carboxylic acids is 2. The molecule has 12 heteroatoms. The number of nitrogens with zero attached hydrogens (tertiary/aromatic N) is 2. The summed E-state index contributed by atoms with van der Waals surface area (Å²) in [5, 5.41) is 11.7.